The number of phenols is 1. The molecule has 102 valence electrons. The molecule has 1 saturated carbocycles. The van der Waals surface area contributed by atoms with E-state index in [0.29, 0.717) is 0 Å². The number of benzene rings is 1. The summed E-state index contributed by atoms with van der Waals surface area (Å²) in [6.07, 6.45) is 3.86. The van der Waals surface area contributed by atoms with Gasteiger partial charge in [-0.15, -0.1) is 0 Å². The quantitative estimate of drug-likeness (QED) is 0.645. The highest BCUT2D eigenvalue weighted by atomic mass is 16.6. The van der Waals surface area contributed by atoms with Gasteiger partial charge in [-0.3, -0.25) is 14.9 Å². The number of aromatic hydroxyl groups is 1. The molecule has 0 radical (unpaired) electrons. The fraction of sp³-hybridized carbons (Fsp3) is 0.462. The predicted octanol–water partition coefficient (Wildman–Crippen LogP) is 2.36. The number of nitrogens with zero attached hydrogens (tertiary/aromatic N) is 1. The number of carbonyl (C=O) groups excluding carboxylic acids is 1. The molecule has 1 fully saturated rings. The van der Waals surface area contributed by atoms with Crippen molar-refractivity contribution in [3.63, 3.8) is 0 Å². The number of phenolic OH excluding ortho intramolecular Hbond substituents is 1. The molecule has 0 atom stereocenters. The van der Waals surface area contributed by atoms with E-state index in [9.17, 15) is 20.0 Å². The van der Waals surface area contributed by atoms with Crippen LogP contribution < -0.4 is 5.32 Å². The smallest absolute Gasteiger partial charge is 0.310 e. The first-order valence-electron chi connectivity index (χ1n) is 6.27. The molecule has 1 aliphatic rings. The molecule has 1 aliphatic carbocycles. The lowest BCUT2D eigenvalue weighted by molar-refractivity contribution is -0.385. The van der Waals surface area contributed by atoms with Gasteiger partial charge in [0.2, 0.25) is 0 Å². The number of nitro groups is 1. The fourth-order valence-electron chi connectivity index (χ4n) is 2.30. The number of rotatable bonds is 4. The molecule has 0 unspecified atom stereocenters. The summed E-state index contributed by atoms with van der Waals surface area (Å²) in [6, 6.07) is 3.63. The van der Waals surface area contributed by atoms with Crippen LogP contribution in [0.2, 0.25) is 0 Å². The van der Waals surface area contributed by atoms with Crippen LogP contribution in [0.5, 0.6) is 5.75 Å². The highest BCUT2D eigenvalue weighted by Gasteiger charge is 2.36. The van der Waals surface area contributed by atoms with Crippen molar-refractivity contribution in [1.82, 2.24) is 5.32 Å². The first kappa shape index (κ1) is 13.3. The molecule has 6 nitrogen and oxygen atoms in total. The topological polar surface area (TPSA) is 92.5 Å². The van der Waals surface area contributed by atoms with Crippen LogP contribution >= 0.6 is 0 Å². The average molecular weight is 264 g/mol. The molecule has 0 bridgehead atoms. The molecular weight excluding hydrogens is 248 g/mol. The van der Waals surface area contributed by atoms with E-state index in [4.69, 9.17) is 0 Å². The lowest BCUT2D eigenvalue weighted by Crippen LogP contribution is -2.52. The Morgan fingerprint density at radius 3 is 2.63 bits per heavy atom. The molecule has 0 heterocycles. The van der Waals surface area contributed by atoms with Crippen molar-refractivity contribution in [3.05, 3.63) is 33.9 Å². The minimum absolute atomic E-state index is 0.144. The summed E-state index contributed by atoms with van der Waals surface area (Å²) < 4.78 is 0. The number of hydrogen-bond acceptors (Lipinski definition) is 4. The maximum absolute atomic E-state index is 12.1. The third kappa shape index (κ3) is 2.52. The van der Waals surface area contributed by atoms with Crippen LogP contribution in [0.25, 0.3) is 0 Å². The number of hydrogen-bond donors (Lipinski definition) is 2. The molecule has 19 heavy (non-hydrogen) atoms. The van der Waals surface area contributed by atoms with Gasteiger partial charge in [-0.2, -0.15) is 0 Å². The van der Waals surface area contributed by atoms with Crippen molar-refractivity contribution in [3.8, 4) is 5.75 Å². The third-order valence-corrected chi connectivity index (χ3v) is 3.80. The summed E-state index contributed by atoms with van der Waals surface area (Å²) in [4.78, 5) is 21.9. The number of amides is 1. The van der Waals surface area contributed by atoms with Gasteiger partial charge in [0.25, 0.3) is 5.91 Å². The van der Waals surface area contributed by atoms with Gasteiger partial charge >= 0.3 is 5.69 Å². The van der Waals surface area contributed by atoms with Gasteiger partial charge in [0.05, 0.1) is 4.92 Å². The zero-order valence-electron chi connectivity index (χ0n) is 10.7. The molecule has 1 aromatic carbocycles. The Morgan fingerprint density at radius 2 is 2.21 bits per heavy atom. The third-order valence-electron chi connectivity index (χ3n) is 3.80. The van der Waals surface area contributed by atoms with Crippen LogP contribution in [-0.2, 0) is 0 Å². The van der Waals surface area contributed by atoms with Crippen LogP contribution in [-0.4, -0.2) is 21.5 Å². The maximum atomic E-state index is 12.1. The largest absolute Gasteiger partial charge is 0.502 e. The highest BCUT2D eigenvalue weighted by Crippen LogP contribution is 2.35. The van der Waals surface area contributed by atoms with Crippen LogP contribution in [0.4, 0.5) is 5.69 Å². The summed E-state index contributed by atoms with van der Waals surface area (Å²) in [5, 5.41) is 23.0. The normalized spacial score (nSPS) is 16.5. The summed E-state index contributed by atoms with van der Waals surface area (Å²) in [7, 11) is 0. The van der Waals surface area contributed by atoms with Crippen molar-refractivity contribution in [2.75, 3.05) is 0 Å². The average Bonchev–Trinajstić information content (AvgIpc) is 2.33. The minimum Gasteiger partial charge on any atom is -0.502 e. The van der Waals surface area contributed by atoms with Gasteiger partial charge in [0.15, 0.2) is 5.75 Å². The number of carbonyl (C=O) groups is 1. The fourth-order valence-corrected chi connectivity index (χ4v) is 2.30. The zero-order valence-corrected chi connectivity index (χ0v) is 10.7. The first-order chi connectivity index (χ1) is 8.97. The van der Waals surface area contributed by atoms with Gasteiger partial charge in [-0.05, 0) is 37.8 Å². The van der Waals surface area contributed by atoms with E-state index in [-0.39, 0.29) is 17.0 Å². The van der Waals surface area contributed by atoms with E-state index >= 15 is 0 Å². The number of nitrogens with one attached hydrogen (secondary N) is 1. The summed E-state index contributed by atoms with van der Waals surface area (Å²) >= 11 is 0. The van der Waals surface area contributed by atoms with E-state index in [0.717, 1.165) is 37.8 Å². The second-order valence-electron chi connectivity index (χ2n) is 4.90. The van der Waals surface area contributed by atoms with Crippen LogP contribution in [0, 0.1) is 10.1 Å². The van der Waals surface area contributed by atoms with Gasteiger partial charge in [0, 0.05) is 17.2 Å². The standard InChI is InChI=1S/C13H16N2O4/c1-2-13(6-3-7-13)14-12(17)9-4-5-10(15(18)19)11(16)8-9/h4-5,8,16H,2-3,6-7H2,1H3,(H,14,17). The lowest BCUT2D eigenvalue weighted by Gasteiger charge is -2.42. The Morgan fingerprint density at radius 1 is 1.53 bits per heavy atom. The second-order valence-corrected chi connectivity index (χ2v) is 4.90. The Balaban J connectivity index is 2.16. The molecule has 6 heteroatoms. The van der Waals surface area contributed by atoms with Crippen molar-refractivity contribution in [2.45, 2.75) is 38.1 Å². The minimum atomic E-state index is -0.684. The molecular formula is C13H16N2O4. The van der Waals surface area contributed by atoms with Crippen LogP contribution in [0.3, 0.4) is 0 Å². The molecule has 2 N–H and O–H groups in total. The van der Waals surface area contributed by atoms with Crippen LogP contribution in [0.1, 0.15) is 43.0 Å². The molecule has 0 aliphatic heterocycles. The van der Waals surface area contributed by atoms with E-state index in [1.807, 2.05) is 6.92 Å². The van der Waals surface area contributed by atoms with E-state index in [2.05, 4.69) is 5.32 Å². The Kier molecular flexibility index (Phi) is 3.42. The Labute approximate surface area is 110 Å². The monoisotopic (exact) mass is 264 g/mol. The lowest BCUT2D eigenvalue weighted by atomic mass is 9.74. The predicted molar refractivity (Wildman–Crippen MR) is 69.1 cm³/mol. The highest BCUT2D eigenvalue weighted by molar-refractivity contribution is 5.95. The van der Waals surface area contributed by atoms with Crippen molar-refractivity contribution in [1.29, 1.82) is 0 Å². The van der Waals surface area contributed by atoms with Crippen LogP contribution in [0.15, 0.2) is 18.2 Å². The maximum Gasteiger partial charge on any atom is 0.310 e. The Bertz CT molecular complexity index is 518. The first-order valence-corrected chi connectivity index (χ1v) is 6.27. The van der Waals surface area contributed by atoms with E-state index < -0.39 is 16.4 Å². The molecule has 0 aromatic heterocycles. The molecule has 2 rings (SSSR count). The summed E-state index contributed by atoms with van der Waals surface area (Å²) in [5.41, 5.74) is -0.303. The summed E-state index contributed by atoms with van der Waals surface area (Å²) in [5.74, 6) is -0.788. The Hall–Kier alpha value is -2.11. The van der Waals surface area contributed by atoms with Gasteiger partial charge in [0.1, 0.15) is 0 Å². The molecule has 0 spiro atoms. The summed E-state index contributed by atoms with van der Waals surface area (Å²) in [6.45, 7) is 2.02. The zero-order chi connectivity index (χ0) is 14.0. The van der Waals surface area contributed by atoms with Crippen molar-refractivity contribution in [2.24, 2.45) is 0 Å². The van der Waals surface area contributed by atoms with Crippen molar-refractivity contribution < 1.29 is 14.8 Å². The molecule has 1 amide bonds. The van der Waals surface area contributed by atoms with E-state index in [1.54, 1.807) is 0 Å². The molecule has 0 saturated heterocycles. The molecule has 1 aromatic rings. The SMILES string of the molecule is CCC1(NC(=O)c2ccc([N+](=O)[O-])c(O)c2)CCC1. The van der Waals surface area contributed by atoms with E-state index in [1.165, 1.54) is 6.07 Å². The van der Waals surface area contributed by atoms with Gasteiger partial charge < -0.3 is 10.4 Å². The van der Waals surface area contributed by atoms with Gasteiger partial charge in [-0.25, -0.2) is 0 Å². The number of nitro benzene ring substituents is 1. The van der Waals surface area contributed by atoms with Crippen molar-refractivity contribution >= 4 is 11.6 Å². The van der Waals surface area contributed by atoms with Gasteiger partial charge in [-0.1, -0.05) is 6.92 Å². The second kappa shape index (κ2) is 4.87.